The number of aromatic hydroxyl groups is 1. The van der Waals surface area contributed by atoms with Crippen LogP contribution in [0.1, 0.15) is 24.8 Å². The molecule has 0 bridgehead atoms. The lowest BCUT2D eigenvalue weighted by molar-refractivity contribution is 0.0942. The number of phenolic OH excluding ortho intramolecular Hbond substituents is 1. The lowest BCUT2D eigenvalue weighted by Crippen LogP contribution is -2.49. The van der Waals surface area contributed by atoms with Crippen molar-refractivity contribution in [1.29, 1.82) is 0 Å². The van der Waals surface area contributed by atoms with E-state index in [1.165, 1.54) is 24.9 Å². The predicted octanol–water partition coefficient (Wildman–Crippen LogP) is 4.68. The molecular formula is C23H31Cl2N3O3. The summed E-state index contributed by atoms with van der Waals surface area (Å²) in [5.74, 6) is 0.297. The third-order valence-corrected chi connectivity index (χ3v) is 5.76. The van der Waals surface area contributed by atoms with Gasteiger partial charge in [-0.3, -0.25) is 0 Å². The monoisotopic (exact) mass is 467 g/mol. The molecular weight excluding hydrogens is 437 g/mol. The van der Waals surface area contributed by atoms with Gasteiger partial charge < -0.3 is 24.5 Å². The Balaban J connectivity index is 0.00000171. The van der Waals surface area contributed by atoms with E-state index in [0.29, 0.717) is 38.5 Å². The molecule has 8 heteroatoms. The minimum Gasteiger partial charge on any atom is -0.506 e. The van der Waals surface area contributed by atoms with E-state index < -0.39 is 0 Å². The van der Waals surface area contributed by atoms with Gasteiger partial charge in [0.25, 0.3) is 0 Å². The molecule has 0 aromatic heterocycles. The molecule has 2 aliphatic heterocycles. The summed E-state index contributed by atoms with van der Waals surface area (Å²) in [6.45, 7) is 4.96. The van der Waals surface area contributed by atoms with Gasteiger partial charge in [0.2, 0.25) is 0 Å². The number of ether oxygens (including phenoxy) is 1. The molecule has 2 heterocycles. The Kier molecular flexibility index (Phi) is 9.59. The van der Waals surface area contributed by atoms with E-state index in [1.807, 2.05) is 36.4 Å². The van der Waals surface area contributed by atoms with Crippen molar-refractivity contribution in [3.63, 3.8) is 0 Å². The number of benzene rings is 2. The van der Waals surface area contributed by atoms with Crippen LogP contribution >= 0.6 is 24.8 Å². The molecule has 2 aromatic carbocycles. The highest BCUT2D eigenvalue weighted by Crippen LogP contribution is 2.33. The zero-order valence-corrected chi connectivity index (χ0v) is 19.2. The van der Waals surface area contributed by atoms with Crippen molar-refractivity contribution in [1.82, 2.24) is 4.90 Å². The van der Waals surface area contributed by atoms with Gasteiger partial charge in [0.15, 0.2) is 0 Å². The maximum Gasteiger partial charge on any atom is 0.410 e. The SMILES string of the molecule is Cl.Cl.O=C(OCc1ccccc1)N1CCN(c2cc(N3CCCCC3)ccc2O)CC1. The van der Waals surface area contributed by atoms with Crippen molar-refractivity contribution in [2.75, 3.05) is 49.1 Å². The number of hydrogen-bond acceptors (Lipinski definition) is 5. The number of carbonyl (C=O) groups is 1. The highest BCUT2D eigenvalue weighted by atomic mass is 35.5. The van der Waals surface area contributed by atoms with Crippen LogP contribution in [0.2, 0.25) is 0 Å². The molecule has 2 aliphatic rings. The Labute approximate surface area is 196 Å². The molecule has 1 N–H and O–H groups in total. The van der Waals surface area contributed by atoms with Crippen LogP contribution in [0.3, 0.4) is 0 Å². The summed E-state index contributed by atoms with van der Waals surface area (Å²) < 4.78 is 5.44. The van der Waals surface area contributed by atoms with Crippen molar-refractivity contribution < 1.29 is 14.6 Å². The molecule has 0 unspecified atom stereocenters. The van der Waals surface area contributed by atoms with Gasteiger partial charge in [-0.1, -0.05) is 30.3 Å². The number of piperidine rings is 1. The maximum atomic E-state index is 12.4. The standard InChI is InChI=1S/C23H29N3O3.2ClH/c27-22-10-9-20(24-11-5-2-6-12-24)17-21(22)25-13-15-26(16-14-25)23(28)29-18-19-7-3-1-4-8-19;;/h1,3-4,7-10,17,27H,2,5-6,11-16,18H2;2*1H. The number of piperazine rings is 1. The van der Waals surface area contributed by atoms with Crippen LogP contribution in [0.25, 0.3) is 0 Å². The topological polar surface area (TPSA) is 56.2 Å². The van der Waals surface area contributed by atoms with Crippen molar-refractivity contribution in [2.24, 2.45) is 0 Å². The molecule has 170 valence electrons. The normalized spacial score (nSPS) is 16.2. The Morgan fingerprint density at radius 1 is 0.839 bits per heavy atom. The average molecular weight is 468 g/mol. The molecule has 0 radical (unpaired) electrons. The van der Waals surface area contributed by atoms with Crippen LogP contribution in [0.5, 0.6) is 5.75 Å². The van der Waals surface area contributed by atoms with Crippen LogP contribution in [0.15, 0.2) is 48.5 Å². The van der Waals surface area contributed by atoms with E-state index in [4.69, 9.17) is 4.74 Å². The second kappa shape index (κ2) is 11.9. The Morgan fingerprint density at radius 2 is 1.52 bits per heavy atom. The quantitative estimate of drug-likeness (QED) is 0.706. The van der Waals surface area contributed by atoms with E-state index in [-0.39, 0.29) is 30.9 Å². The van der Waals surface area contributed by atoms with Gasteiger partial charge in [-0.2, -0.15) is 0 Å². The molecule has 0 aliphatic carbocycles. The first-order chi connectivity index (χ1) is 14.2. The molecule has 0 spiro atoms. The summed E-state index contributed by atoms with van der Waals surface area (Å²) in [4.78, 5) is 18.7. The number of carbonyl (C=O) groups excluding carboxylic acids is 1. The minimum absolute atomic E-state index is 0. The Morgan fingerprint density at radius 3 is 2.19 bits per heavy atom. The number of halogens is 2. The molecule has 0 atom stereocenters. The fourth-order valence-corrected chi connectivity index (χ4v) is 4.05. The zero-order chi connectivity index (χ0) is 20.1. The summed E-state index contributed by atoms with van der Waals surface area (Å²) in [6, 6.07) is 15.6. The number of rotatable bonds is 4. The van der Waals surface area contributed by atoms with Gasteiger partial charge in [-0.05, 0) is 43.0 Å². The molecule has 31 heavy (non-hydrogen) atoms. The summed E-state index contributed by atoms with van der Waals surface area (Å²) in [5, 5.41) is 10.4. The van der Waals surface area contributed by atoms with Crippen LogP contribution in [0.4, 0.5) is 16.2 Å². The second-order valence-electron chi connectivity index (χ2n) is 7.74. The van der Waals surface area contributed by atoms with Crippen molar-refractivity contribution in [2.45, 2.75) is 25.9 Å². The van der Waals surface area contributed by atoms with Crippen LogP contribution in [-0.2, 0) is 11.3 Å². The smallest absolute Gasteiger partial charge is 0.410 e. The van der Waals surface area contributed by atoms with E-state index in [1.54, 1.807) is 11.0 Å². The highest BCUT2D eigenvalue weighted by Gasteiger charge is 2.24. The molecule has 2 fully saturated rings. The van der Waals surface area contributed by atoms with E-state index in [2.05, 4.69) is 15.9 Å². The van der Waals surface area contributed by atoms with E-state index >= 15 is 0 Å². The third kappa shape index (κ3) is 6.34. The van der Waals surface area contributed by atoms with Crippen LogP contribution in [-0.4, -0.2) is 55.4 Å². The van der Waals surface area contributed by atoms with E-state index in [0.717, 1.165) is 24.3 Å². The van der Waals surface area contributed by atoms with Crippen molar-refractivity contribution in [3.05, 3.63) is 54.1 Å². The Hall–Kier alpha value is -2.31. The van der Waals surface area contributed by atoms with Gasteiger partial charge in [0.05, 0.1) is 5.69 Å². The predicted molar refractivity (Wildman–Crippen MR) is 129 cm³/mol. The number of anilines is 2. The molecule has 6 nitrogen and oxygen atoms in total. The molecule has 0 saturated carbocycles. The van der Waals surface area contributed by atoms with Crippen LogP contribution in [0, 0.1) is 0 Å². The zero-order valence-electron chi connectivity index (χ0n) is 17.6. The van der Waals surface area contributed by atoms with Crippen LogP contribution < -0.4 is 9.80 Å². The minimum atomic E-state index is -0.278. The highest BCUT2D eigenvalue weighted by molar-refractivity contribution is 5.85. The average Bonchev–Trinajstić information content (AvgIpc) is 2.79. The van der Waals surface area contributed by atoms with Gasteiger partial charge >= 0.3 is 6.09 Å². The fraction of sp³-hybridized carbons (Fsp3) is 0.435. The first-order valence-electron chi connectivity index (χ1n) is 10.5. The molecule has 1 amide bonds. The van der Waals surface area contributed by atoms with Gasteiger partial charge in [-0.15, -0.1) is 24.8 Å². The second-order valence-corrected chi connectivity index (χ2v) is 7.74. The molecule has 2 saturated heterocycles. The van der Waals surface area contributed by atoms with E-state index in [9.17, 15) is 9.90 Å². The summed E-state index contributed by atoms with van der Waals surface area (Å²) in [5.41, 5.74) is 3.01. The fourth-order valence-electron chi connectivity index (χ4n) is 4.05. The number of hydrogen-bond donors (Lipinski definition) is 1. The lowest BCUT2D eigenvalue weighted by Gasteiger charge is -2.36. The summed E-state index contributed by atoms with van der Waals surface area (Å²) in [7, 11) is 0. The van der Waals surface area contributed by atoms with Gasteiger partial charge in [0, 0.05) is 45.0 Å². The first kappa shape index (κ1) is 25.0. The first-order valence-corrected chi connectivity index (χ1v) is 10.5. The Bertz CT molecular complexity index is 824. The largest absolute Gasteiger partial charge is 0.506 e. The summed E-state index contributed by atoms with van der Waals surface area (Å²) >= 11 is 0. The number of amides is 1. The van der Waals surface area contributed by atoms with Crippen molar-refractivity contribution in [3.8, 4) is 5.75 Å². The number of nitrogens with zero attached hydrogens (tertiary/aromatic N) is 3. The molecule has 2 aromatic rings. The number of phenols is 1. The third-order valence-electron chi connectivity index (χ3n) is 5.76. The summed E-state index contributed by atoms with van der Waals surface area (Å²) in [6.07, 6.45) is 3.46. The molecule has 4 rings (SSSR count). The van der Waals surface area contributed by atoms with Crippen molar-refractivity contribution >= 4 is 42.3 Å². The lowest BCUT2D eigenvalue weighted by atomic mass is 10.1. The van der Waals surface area contributed by atoms with Gasteiger partial charge in [0.1, 0.15) is 12.4 Å². The van der Waals surface area contributed by atoms with Gasteiger partial charge in [-0.25, -0.2) is 4.79 Å². The maximum absolute atomic E-state index is 12.4.